The van der Waals surface area contributed by atoms with E-state index in [2.05, 4.69) is 16.0 Å². The fraction of sp³-hybridized carbons (Fsp3) is 0.800. The summed E-state index contributed by atoms with van der Waals surface area (Å²) in [6.07, 6.45) is 4.14. The predicted octanol–water partition coefficient (Wildman–Crippen LogP) is -0.199. The maximum Gasteiger partial charge on any atom is 0.326 e. The third-order valence-electron chi connectivity index (χ3n) is 4.62. The number of carbonyl (C=O) groups is 4. The zero-order chi connectivity index (χ0) is 24.0. The Morgan fingerprint density at radius 2 is 1.52 bits per heavy atom. The van der Waals surface area contributed by atoms with Crippen molar-refractivity contribution in [2.75, 3.05) is 18.6 Å². The molecule has 0 spiro atoms. The summed E-state index contributed by atoms with van der Waals surface area (Å²) in [6.45, 7) is 5.83. The Morgan fingerprint density at radius 3 is 2.03 bits per heavy atom. The lowest BCUT2D eigenvalue weighted by molar-refractivity contribution is -0.142. The maximum atomic E-state index is 12.7. The molecule has 0 aromatic heterocycles. The zero-order valence-electron chi connectivity index (χ0n) is 19.0. The van der Waals surface area contributed by atoms with E-state index in [1.54, 1.807) is 0 Å². The number of nitrogens with one attached hydrogen (secondary N) is 3. The molecule has 3 amide bonds. The second kappa shape index (κ2) is 15.9. The zero-order valence-corrected chi connectivity index (χ0v) is 19.8. The molecule has 11 heteroatoms. The number of carboxylic acid groups (broad SMARTS) is 1. The largest absolute Gasteiger partial charge is 0.480 e. The molecule has 0 aromatic rings. The molecule has 4 unspecified atom stereocenters. The number of carboxylic acids is 1. The Hall–Kier alpha value is -1.85. The molecule has 0 aliphatic heterocycles. The SMILES string of the molecule is CSCCC(NC(=O)C(C)NC(=O)C(N)CC(C)C)C(=O)NC(CCCCN)C(=O)O. The lowest BCUT2D eigenvalue weighted by atomic mass is 10.0. The molecule has 0 rings (SSSR count). The van der Waals surface area contributed by atoms with E-state index in [-0.39, 0.29) is 12.3 Å². The van der Waals surface area contributed by atoms with Crippen molar-refractivity contribution in [3.05, 3.63) is 0 Å². The van der Waals surface area contributed by atoms with E-state index < -0.39 is 47.9 Å². The van der Waals surface area contributed by atoms with Crippen LogP contribution in [0, 0.1) is 5.92 Å². The number of rotatable bonds is 16. The van der Waals surface area contributed by atoms with Gasteiger partial charge in [-0.05, 0) is 63.5 Å². The minimum absolute atomic E-state index is 0.233. The van der Waals surface area contributed by atoms with Gasteiger partial charge in [0.1, 0.15) is 18.1 Å². The lowest BCUT2D eigenvalue weighted by Gasteiger charge is -2.24. The number of nitrogens with two attached hydrogens (primary N) is 2. The minimum Gasteiger partial charge on any atom is -0.480 e. The smallest absolute Gasteiger partial charge is 0.326 e. The Morgan fingerprint density at radius 1 is 0.903 bits per heavy atom. The second-order valence-electron chi connectivity index (χ2n) is 7.99. The van der Waals surface area contributed by atoms with Crippen LogP contribution >= 0.6 is 11.8 Å². The van der Waals surface area contributed by atoms with Crippen molar-refractivity contribution in [3.63, 3.8) is 0 Å². The van der Waals surface area contributed by atoms with Gasteiger partial charge in [0.05, 0.1) is 6.04 Å². The van der Waals surface area contributed by atoms with E-state index in [0.29, 0.717) is 38.0 Å². The van der Waals surface area contributed by atoms with Gasteiger partial charge in [0, 0.05) is 0 Å². The van der Waals surface area contributed by atoms with Gasteiger partial charge in [-0.2, -0.15) is 11.8 Å². The molecule has 0 heterocycles. The molecular formula is C20H39N5O5S. The molecule has 8 N–H and O–H groups in total. The normalized spacial score (nSPS) is 14.9. The molecule has 0 radical (unpaired) electrons. The fourth-order valence-corrected chi connectivity index (χ4v) is 3.30. The summed E-state index contributed by atoms with van der Waals surface area (Å²) in [5.74, 6) is -1.87. The third-order valence-corrected chi connectivity index (χ3v) is 5.26. The van der Waals surface area contributed by atoms with Crippen molar-refractivity contribution in [1.82, 2.24) is 16.0 Å². The summed E-state index contributed by atoms with van der Waals surface area (Å²) in [5, 5.41) is 17.0. The molecule has 0 saturated heterocycles. The van der Waals surface area contributed by atoms with Crippen LogP contribution in [0.2, 0.25) is 0 Å². The Bertz CT molecular complexity index is 590. The van der Waals surface area contributed by atoms with Crippen LogP contribution in [0.25, 0.3) is 0 Å². The molecule has 0 aliphatic carbocycles. The van der Waals surface area contributed by atoms with Gasteiger partial charge in [-0.25, -0.2) is 4.79 Å². The highest BCUT2D eigenvalue weighted by molar-refractivity contribution is 7.98. The van der Waals surface area contributed by atoms with E-state index in [4.69, 9.17) is 11.5 Å². The lowest BCUT2D eigenvalue weighted by Crippen LogP contribution is -2.56. The van der Waals surface area contributed by atoms with Crippen LogP contribution in [0.3, 0.4) is 0 Å². The molecule has 10 nitrogen and oxygen atoms in total. The average molecular weight is 462 g/mol. The van der Waals surface area contributed by atoms with Crippen molar-refractivity contribution < 1.29 is 24.3 Å². The topological polar surface area (TPSA) is 177 Å². The highest BCUT2D eigenvalue weighted by Crippen LogP contribution is 2.06. The van der Waals surface area contributed by atoms with Crippen LogP contribution < -0.4 is 27.4 Å². The van der Waals surface area contributed by atoms with Crippen molar-refractivity contribution in [3.8, 4) is 0 Å². The van der Waals surface area contributed by atoms with Crippen LogP contribution in [-0.2, 0) is 19.2 Å². The first-order valence-electron chi connectivity index (χ1n) is 10.6. The van der Waals surface area contributed by atoms with E-state index in [1.165, 1.54) is 18.7 Å². The predicted molar refractivity (Wildman–Crippen MR) is 122 cm³/mol. The summed E-state index contributed by atoms with van der Waals surface area (Å²) in [5.41, 5.74) is 11.3. The molecule has 0 saturated carbocycles. The van der Waals surface area contributed by atoms with Crippen LogP contribution in [0.5, 0.6) is 0 Å². The van der Waals surface area contributed by atoms with E-state index in [0.717, 1.165) is 0 Å². The van der Waals surface area contributed by atoms with Gasteiger partial charge in [0.15, 0.2) is 0 Å². The summed E-state index contributed by atoms with van der Waals surface area (Å²) in [6, 6.07) is -3.59. The summed E-state index contributed by atoms with van der Waals surface area (Å²) < 4.78 is 0. The minimum atomic E-state index is -1.14. The maximum absolute atomic E-state index is 12.7. The van der Waals surface area contributed by atoms with E-state index in [1.807, 2.05) is 20.1 Å². The second-order valence-corrected chi connectivity index (χ2v) is 8.98. The molecule has 180 valence electrons. The molecule has 31 heavy (non-hydrogen) atoms. The summed E-state index contributed by atoms with van der Waals surface area (Å²) in [7, 11) is 0. The first-order valence-corrected chi connectivity index (χ1v) is 12.0. The standard InChI is InChI=1S/C20H39N5O5S/c1-12(2)11-14(22)18(27)23-13(3)17(26)24-15(8-10-31-4)19(28)25-16(20(29)30)7-5-6-9-21/h12-16H,5-11,21-22H2,1-4H3,(H,23,27)(H,24,26)(H,25,28)(H,29,30). The molecule has 0 fully saturated rings. The van der Waals surface area contributed by atoms with E-state index in [9.17, 15) is 24.3 Å². The van der Waals surface area contributed by atoms with Crippen molar-refractivity contribution >= 4 is 35.5 Å². The number of carbonyl (C=O) groups excluding carboxylic acids is 3. The van der Waals surface area contributed by atoms with Gasteiger partial charge in [-0.15, -0.1) is 0 Å². The molecule has 0 aromatic carbocycles. The number of unbranched alkanes of at least 4 members (excludes halogenated alkanes) is 1. The van der Waals surface area contributed by atoms with Gasteiger partial charge < -0.3 is 32.5 Å². The van der Waals surface area contributed by atoms with Crippen LogP contribution in [-0.4, -0.2) is 71.5 Å². The van der Waals surface area contributed by atoms with Crippen LogP contribution in [0.15, 0.2) is 0 Å². The van der Waals surface area contributed by atoms with Gasteiger partial charge in [-0.3, -0.25) is 14.4 Å². The third kappa shape index (κ3) is 12.6. The Kier molecular flexibility index (Phi) is 14.9. The number of thioether (sulfide) groups is 1. The molecular weight excluding hydrogens is 422 g/mol. The first-order chi connectivity index (χ1) is 14.5. The highest BCUT2D eigenvalue weighted by Gasteiger charge is 2.28. The quantitative estimate of drug-likeness (QED) is 0.171. The highest BCUT2D eigenvalue weighted by atomic mass is 32.2. The number of amides is 3. The van der Waals surface area contributed by atoms with E-state index >= 15 is 0 Å². The van der Waals surface area contributed by atoms with Crippen molar-refractivity contribution in [2.24, 2.45) is 17.4 Å². The monoisotopic (exact) mass is 461 g/mol. The Labute approximate surface area is 189 Å². The van der Waals surface area contributed by atoms with Crippen LogP contribution in [0.4, 0.5) is 0 Å². The van der Waals surface area contributed by atoms with Gasteiger partial charge in [0.25, 0.3) is 0 Å². The fourth-order valence-electron chi connectivity index (χ4n) is 2.82. The average Bonchev–Trinajstić information content (AvgIpc) is 2.69. The molecule has 4 atom stereocenters. The number of aliphatic carboxylic acids is 1. The van der Waals surface area contributed by atoms with Crippen molar-refractivity contribution in [2.45, 2.75) is 77.0 Å². The first kappa shape index (κ1) is 29.1. The summed E-state index contributed by atoms with van der Waals surface area (Å²) >= 11 is 1.50. The molecule has 0 bridgehead atoms. The van der Waals surface area contributed by atoms with Gasteiger partial charge in [-0.1, -0.05) is 13.8 Å². The molecule has 0 aliphatic rings. The van der Waals surface area contributed by atoms with Gasteiger partial charge in [0.2, 0.25) is 17.7 Å². The van der Waals surface area contributed by atoms with Crippen LogP contribution in [0.1, 0.15) is 52.9 Å². The number of hydrogen-bond donors (Lipinski definition) is 6. The van der Waals surface area contributed by atoms with Crippen molar-refractivity contribution in [1.29, 1.82) is 0 Å². The number of hydrogen-bond acceptors (Lipinski definition) is 7. The Balaban J connectivity index is 5.00. The van der Waals surface area contributed by atoms with Gasteiger partial charge >= 0.3 is 5.97 Å². The summed E-state index contributed by atoms with van der Waals surface area (Å²) in [4.78, 5) is 48.8.